The maximum absolute atomic E-state index is 5.88. The predicted molar refractivity (Wildman–Crippen MR) is 76.1 cm³/mol. The Hall–Kier alpha value is -0.500. The van der Waals surface area contributed by atoms with Gasteiger partial charge in [0.05, 0.1) is 6.61 Å². The van der Waals surface area contributed by atoms with Gasteiger partial charge in [-0.05, 0) is 37.2 Å². The molecule has 94 valence electrons. The molecule has 2 unspecified atom stereocenters. The van der Waals surface area contributed by atoms with E-state index < -0.39 is 0 Å². The van der Waals surface area contributed by atoms with E-state index in [2.05, 4.69) is 54.0 Å². The quantitative estimate of drug-likeness (QED) is 0.733. The van der Waals surface area contributed by atoms with Crippen molar-refractivity contribution in [1.29, 1.82) is 0 Å². The first-order valence-electron chi connectivity index (χ1n) is 6.52. The molecule has 1 nitrogen and oxygen atoms in total. The first-order chi connectivity index (χ1) is 8.15. The molecule has 0 amide bonds. The minimum atomic E-state index is 0.276. The van der Waals surface area contributed by atoms with Gasteiger partial charge in [0.1, 0.15) is 5.75 Å². The van der Waals surface area contributed by atoms with Crippen LogP contribution in [0.15, 0.2) is 24.3 Å². The standard InChI is InChI=1S/C15H21BrO/c1-3-10-17-14-7-5-4-6-13(14)15(2)9-8-12(16)11-15/h4-7,12H,3,8-11H2,1-2H3. The van der Waals surface area contributed by atoms with Gasteiger partial charge in [-0.1, -0.05) is 48.0 Å². The Morgan fingerprint density at radius 2 is 2.18 bits per heavy atom. The Kier molecular flexibility index (Phi) is 4.13. The molecule has 1 aromatic carbocycles. The van der Waals surface area contributed by atoms with Crippen molar-refractivity contribution in [2.45, 2.75) is 49.8 Å². The monoisotopic (exact) mass is 296 g/mol. The number of ether oxygens (including phenoxy) is 1. The third kappa shape index (κ3) is 2.85. The number of hydrogen-bond donors (Lipinski definition) is 0. The van der Waals surface area contributed by atoms with Crippen LogP contribution in [0.25, 0.3) is 0 Å². The van der Waals surface area contributed by atoms with Crippen LogP contribution >= 0.6 is 15.9 Å². The zero-order valence-corrected chi connectivity index (χ0v) is 12.3. The molecule has 0 aromatic heterocycles. The molecule has 2 atom stereocenters. The molecule has 1 aromatic rings. The van der Waals surface area contributed by atoms with Gasteiger partial charge in [0.25, 0.3) is 0 Å². The molecular weight excluding hydrogens is 276 g/mol. The van der Waals surface area contributed by atoms with E-state index in [0.717, 1.165) is 18.8 Å². The molecule has 1 saturated carbocycles. The average Bonchev–Trinajstić information content (AvgIpc) is 2.68. The zero-order valence-electron chi connectivity index (χ0n) is 10.7. The summed E-state index contributed by atoms with van der Waals surface area (Å²) >= 11 is 3.75. The minimum absolute atomic E-state index is 0.276. The molecule has 1 aliphatic carbocycles. The molecule has 2 rings (SSSR count). The van der Waals surface area contributed by atoms with Gasteiger partial charge in [0, 0.05) is 10.4 Å². The zero-order chi connectivity index (χ0) is 12.3. The van der Waals surface area contributed by atoms with Gasteiger partial charge in [-0.2, -0.15) is 0 Å². The van der Waals surface area contributed by atoms with Gasteiger partial charge in [-0.3, -0.25) is 0 Å². The van der Waals surface area contributed by atoms with E-state index in [-0.39, 0.29) is 5.41 Å². The first kappa shape index (κ1) is 12.9. The van der Waals surface area contributed by atoms with Gasteiger partial charge in [0.15, 0.2) is 0 Å². The van der Waals surface area contributed by atoms with Crippen LogP contribution in [0.1, 0.15) is 45.1 Å². The van der Waals surface area contributed by atoms with E-state index in [1.807, 2.05) is 0 Å². The molecule has 17 heavy (non-hydrogen) atoms. The maximum Gasteiger partial charge on any atom is 0.123 e. The lowest BCUT2D eigenvalue weighted by Crippen LogP contribution is -2.19. The molecule has 0 heterocycles. The van der Waals surface area contributed by atoms with Crippen molar-refractivity contribution in [2.75, 3.05) is 6.61 Å². The summed E-state index contributed by atoms with van der Waals surface area (Å²) in [6, 6.07) is 8.53. The molecule has 0 saturated heterocycles. The van der Waals surface area contributed by atoms with E-state index in [1.165, 1.54) is 24.8 Å². The Bertz CT molecular complexity index is 377. The second-order valence-electron chi connectivity index (χ2n) is 5.25. The third-order valence-corrected chi connectivity index (χ3v) is 4.46. The molecule has 0 spiro atoms. The molecular formula is C15H21BrO. The number of rotatable bonds is 4. The van der Waals surface area contributed by atoms with Crippen molar-refractivity contribution in [3.8, 4) is 5.75 Å². The number of alkyl halides is 1. The van der Waals surface area contributed by atoms with Crippen LogP contribution in [-0.4, -0.2) is 11.4 Å². The number of benzene rings is 1. The summed E-state index contributed by atoms with van der Waals surface area (Å²) in [5.41, 5.74) is 1.66. The van der Waals surface area contributed by atoms with Crippen LogP contribution < -0.4 is 4.74 Å². The summed E-state index contributed by atoms with van der Waals surface area (Å²) in [6.07, 6.45) is 4.78. The molecule has 1 aliphatic rings. The Morgan fingerprint density at radius 3 is 2.82 bits per heavy atom. The Labute approximate surface area is 113 Å². The highest BCUT2D eigenvalue weighted by Crippen LogP contribution is 2.46. The lowest BCUT2D eigenvalue weighted by Gasteiger charge is -2.27. The molecule has 1 fully saturated rings. The fraction of sp³-hybridized carbons (Fsp3) is 0.600. The number of para-hydroxylation sites is 1. The fourth-order valence-corrected chi connectivity index (χ4v) is 3.66. The maximum atomic E-state index is 5.88. The molecule has 0 aliphatic heterocycles. The third-order valence-electron chi connectivity index (χ3n) is 3.68. The van der Waals surface area contributed by atoms with Crippen molar-refractivity contribution in [3.63, 3.8) is 0 Å². The van der Waals surface area contributed by atoms with E-state index in [4.69, 9.17) is 4.74 Å². The van der Waals surface area contributed by atoms with Gasteiger partial charge >= 0.3 is 0 Å². The highest BCUT2D eigenvalue weighted by molar-refractivity contribution is 9.09. The molecule has 0 N–H and O–H groups in total. The largest absolute Gasteiger partial charge is 0.493 e. The highest BCUT2D eigenvalue weighted by atomic mass is 79.9. The van der Waals surface area contributed by atoms with Gasteiger partial charge in [0.2, 0.25) is 0 Å². The van der Waals surface area contributed by atoms with E-state index >= 15 is 0 Å². The Balaban J connectivity index is 2.25. The van der Waals surface area contributed by atoms with Crippen LogP contribution in [0.4, 0.5) is 0 Å². The summed E-state index contributed by atoms with van der Waals surface area (Å²) in [6.45, 7) is 5.32. The van der Waals surface area contributed by atoms with Crippen molar-refractivity contribution in [2.24, 2.45) is 0 Å². The summed E-state index contributed by atoms with van der Waals surface area (Å²) in [5, 5.41) is 0. The smallest absolute Gasteiger partial charge is 0.123 e. The minimum Gasteiger partial charge on any atom is -0.493 e. The second-order valence-corrected chi connectivity index (χ2v) is 6.54. The van der Waals surface area contributed by atoms with Crippen molar-refractivity contribution >= 4 is 15.9 Å². The Morgan fingerprint density at radius 1 is 1.41 bits per heavy atom. The van der Waals surface area contributed by atoms with Gasteiger partial charge in [-0.15, -0.1) is 0 Å². The van der Waals surface area contributed by atoms with Crippen LogP contribution in [0.2, 0.25) is 0 Å². The topological polar surface area (TPSA) is 9.23 Å². The average molecular weight is 297 g/mol. The molecule has 2 heteroatoms. The summed E-state index contributed by atoms with van der Waals surface area (Å²) in [4.78, 5) is 0.659. The van der Waals surface area contributed by atoms with E-state index in [9.17, 15) is 0 Å². The number of halogens is 1. The summed E-state index contributed by atoms with van der Waals surface area (Å²) in [5.74, 6) is 1.08. The lowest BCUT2D eigenvalue weighted by atomic mass is 9.80. The van der Waals surface area contributed by atoms with Crippen LogP contribution in [-0.2, 0) is 5.41 Å². The lowest BCUT2D eigenvalue weighted by molar-refractivity contribution is 0.305. The van der Waals surface area contributed by atoms with Crippen LogP contribution in [0.3, 0.4) is 0 Å². The van der Waals surface area contributed by atoms with Gasteiger partial charge in [-0.25, -0.2) is 0 Å². The van der Waals surface area contributed by atoms with Crippen LogP contribution in [0.5, 0.6) is 5.75 Å². The van der Waals surface area contributed by atoms with Crippen molar-refractivity contribution in [3.05, 3.63) is 29.8 Å². The van der Waals surface area contributed by atoms with Crippen LogP contribution in [0, 0.1) is 0 Å². The fourth-order valence-electron chi connectivity index (χ4n) is 2.72. The SMILES string of the molecule is CCCOc1ccccc1C1(C)CCC(Br)C1. The summed E-state index contributed by atoms with van der Waals surface area (Å²) in [7, 11) is 0. The van der Waals surface area contributed by atoms with Crippen molar-refractivity contribution in [1.82, 2.24) is 0 Å². The van der Waals surface area contributed by atoms with E-state index in [0.29, 0.717) is 4.83 Å². The van der Waals surface area contributed by atoms with Gasteiger partial charge < -0.3 is 4.74 Å². The number of hydrogen-bond acceptors (Lipinski definition) is 1. The van der Waals surface area contributed by atoms with Crippen molar-refractivity contribution < 1.29 is 4.74 Å². The highest BCUT2D eigenvalue weighted by Gasteiger charge is 2.37. The van der Waals surface area contributed by atoms with E-state index in [1.54, 1.807) is 0 Å². The predicted octanol–water partition coefficient (Wildman–Crippen LogP) is 4.68. The normalized spacial score (nSPS) is 28.3. The molecule has 0 radical (unpaired) electrons. The summed E-state index contributed by atoms with van der Waals surface area (Å²) < 4.78 is 5.88. The first-order valence-corrected chi connectivity index (χ1v) is 7.43. The molecule has 0 bridgehead atoms. The second kappa shape index (κ2) is 5.43.